The number of nitrogens with one attached hydrogen (secondary N) is 2. The molecule has 28 heavy (non-hydrogen) atoms. The molecule has 0 unspecified atom stereocenters. The summed E-state index contributed by atoms with van der Waals surface area (Å²) >= 11 is 0. The van der Waals surface area contributed by atoms with Gasteiger partial charge in [-0.05, 0) is 23.3 Å². The van der Waals surface area contributed by atoms with E-state index in [1.165, 1.54) is 0 Å². The molecule has 2 N–H and O–H groups in total. The first-order valence-electron chi connectivity index (χ1n) is 8.75. The van der Waals surface area contributed by atoms with Crippen LogP contribution in [-0.2, 0) is 29.7 Å². The molecule has 2 aromatic heterocycles. The lowest BCUT2D eigenvalue weighted by molar-refractivity contribution is -0.120. The van der Waals surface area contributed by atoms with Crippen LogP contribution in [0.1, 0.15) is 11.1 Å². The Morgan fingerprint density at radius 3 is 2.64 bits per heavy atom. The maximum absolute atomic E-state index is 11.9. The molecule has 3 rings (SSSR count). The fraction of sp³-hybridized carbons (Fsp3) is 0.200. The topological polar surface area (TPSA) is 98.1 Å². The summed E-state index contributed by atoms with van der Waals surface area (Å²) in [5, 5.41) is 9.31. The van der Waals surface area contributed by atoms with Gasteiger partial charge in [0.15, 0.2) is 0 Å². The SMILES string of the molecule is Cn1nccc1-c1cncc(CNC(=O)CNC(=O)OCc2ccccc2)c1. The van der Waals surface area contributed by atoms with Crippen LogP contribution < -0.4 is 10.6 Å². The van der Waals surface area contributed by atoms with Crippen molar-refractivity contribution in [2.75, 3.05) is 6.54 Å². The van der Waals surface area contributed by atoms with Crippen molar-refractivity contribution in [1.29, 1.82) is 0 Å². The van der Waals surface area contributed by atoms with Crippen molar-refractivity contribution in [1.82, 2.24) is 25.4 Å². The smallest absolute Gasteiger partial charge is 0.407 e. The number of aromatic nitrogens is 3. The predicted octanol–water partition coefficient (Wildman–Crippen LogP) is 2.02. The number of hydrogen-bond donors (Lipinski definition) is 2. The Morgan fingerprint density at radius 2 is 1.89 bits per heavy atom. The Labute approximate surface area is 162 Å². The van der Waals surface area contributed by atoms with Gasteiger partial charge >= 0.3 is 6.09 Å². The van der Waals surface area contributed by atoms with Crippen LogP contribution in [0.15, 0.2) is 61.1 Å². The number of hydrogen-bond acceptors (Lipinski definition) is 5. The second-order valence-corrected chi connectivity index (χ2v) is 6.11. The molecule has 8 nitrogen and oxygen atoms in total. The van der Waals surface area contributed by atoms with Crippen LogP contribution >= 0.6 is 0 Å². The number of carbonyl (C=O) groups excluding carboxylic acids is 2. The number of benzene rings is 1. The molecule has 0 aliphatic carbocycles. The fourth-order valence-corrected chi connectivity index (χ4v) is 2.57. The van der Waals surface area contributed by atoms with Crippen LogP contribution in [0.4, 0.5) is 4.79 Å². The summed E-state index contributed by atoms with van der Waals surface area (Å²) in [5.74, 6) is -0.317. The summed E-state index contributed by atoms with van der Waals surface area (Å²) < 4.78 is 6.82. The Balaban J connectivity index is 1.42. The zero-order valence-electron chi connectivity index (χ0n) is 15.5. The van der Waals surface area contributed by atoms with Gasteiger partial charge in [0.1, 0.15) is 13.2 Å². The highest BCUT2D eigenvalue weighted by Crippen LogP contribution is 2.17. The third kappa shape index (κ3) is 5.41. The normalized spacial score (nSPS) is 10.3. The van der Waals surface area contributed by atoms with Crippen molar-refractivity contribution in [3.63, 3.8) is 0 Å². The minimum absolute atomic E-state index is 0.154. The molecule has 0 atom stereocenters. The number of ether oxygens (including phenoxy) is 1. The van der Waals surface area contributed by atoms with E-state index in [0.717, 1.165) is 22.4 Å². The fourth-order valence-electron chi connectivity index (χ4n) is 2.57. The molecule has 0 aliphatic heterocycles. The van der Waals surface area contributed by atoms with E-state index in [2.05, 4.69) is 20.7 Å². The lowest BCUT2D eigenvalue weighted by Gasteiger charge is -2.09. The lowest BCUT2D eigenvalue weighted by Crippen LogP contribution is -2.36. The lowest BCUT2D eigenvalue weighted by atomic mass is 10.1. The Morgan fingerprint density at radius 1 is 1.07 bits per heavy atom. The molecule has 1 aromatic carbocycles. The second-order valence-electron chi connectivity index (χ2n) is 6.11. The van der Waals surface area contributed by atoms with Crippen LogP contribution in [0, 0.1) is 0 Å². The van der Waals surface area contributed by atoms with E-state index in [-0.39, 0.29) is 19.1 Å². The molecule has 0 aliphatic rings. The largest absolute Gasteiger partial charge is 0.445 e. The number of nitrogens with zero attached hydrogens (tertiary/aromatic N) is 3. The van der Waals surface area contributed by atoms with Gasteiger partial charge < -0.3 is 15.4 Å². The van der Waals surface area contributed by atoms with Gasteiger partial charge in [0.25, 0.3) is 0 Å². The van der Waals surface area contributed by atoms with E-state index in [1.54, 1.807) is 23.3 Å². The second kappa shape index (κ2) is 9.31. The summed E-state index contributed by atoms with van der Waals surface area (Å²) in [4.78, 5) is 27.8. The van der Waals surface area contributed by atoms with Gasteiger partial charge in [0.2, 0.25) is 5.91 Å². The zero-order valence-corrected chi connectivity index (χ0v) is 15.5. The van der Waals surface area contributed by atoms with Crippen LogP contribution in [0.25, 0.3) is 11.3 Å². The van der Waals surface area contributed by atoms with Crippen molar-refractivity contribution >= 4 is 12.0 Å². The average Bonchev–Trinajstić information content (AvgIpc) is 3.16. The zero-order chi connectivity index (χ0) is 19.8. The third-order valence-corrected chi connectivity index (χ3v) is 4.01. The minimum atomic E-state index is -0.640. The number of carbonyl (C=O) groups is 2. The van der Waals surface area contributed by atoms with E-state index < -0.39 is 6.09 Å². The molecule has 2 amide bonds. The average molecular weight is 379 g/mol. The summed E-state index contributed by atoms with van der Waals surface area (Å²) in [6, 6.07) is 13.2. The molecule has 0 spiro atoms. The highest BCUT2D eigenvalue weighted by Gasteiger charge is 2.08. The number of aryl methyl sites for hydroxylation is 1. The van der Waals surface area contributed by atoms with Crippen molar-refractivity contribution in [2.45, 2.75) is 13.2 Å². The van der Waals surface area contributed by atoms with Gasteiger partial charge in [0, 0.05) is 37.7 Å². The maximum Gasteiger partial charge on any atom is 0.407 e. The molecule has 144 valence electrons. The maximum atomic E-state index is 11.9. The van der Waals surface area contributed by atoms with Gasteiger partial charge in [-0.1, -0.05) is 30.3 Å². The summed E-state index contributed by atoms with van der Waals surface area (Å²) in [6.45, 7) is 0.293. The van der Waals surface area contributed by atoms with Crippen molar-refractivity contribution in [3.05, 3.63) is 72.2 Å². The van der Waals surface area contributed by atoms with Crippen molar-refractivity contribution < 1.29 is 14.3 Å². The van der Waals surface area contributed by atoms with Crippen molar-refractivity contribution in [2.24, 2.45) is 7.05 Å². The Hall–Kier alpha value is -3.68. The predicted molar refractivity (Wildman–Crippen MR) is 103 cm³/mol. The molecular weight excluding hydrogens is 358 g/mol. The molecule has 2 heterocycles. The van der Waals surface area contributed by atoms with Crippen LogP contribution in [0.2, 0.25) is 0 Å². The standard InChI is InChI=1S/C20H21N5O3/c1-25-18(7-8-24-25)17-9-16(10-21-12-17)11-22-19(26)13-23-20(27)28-14-15-5-3-2-4-6-15/h2-10,12H,11,13-14H2,1H3,(H,22,26)(H,23,27). The molecule has 0 fully saturated rings. The first kappa shape index (κ1) is 19.1. The van der Waals surface area contributed by atoms with Gasteiger partial charge in [0.05, 0.1) is 5.69 Å². The molecule has 0 saturated carbocycles. The quantitative estimate of drug-likeness (QED) is 0.654. The van der Waals surface area contributed by atoms with Gasteiger partial charge in [-0.2, -0.15) is 5.10 Å². The Bertz CT molecular complexity index is 940. The third-order valence-electron chi connectivity index (χ3n) is 4.01. The molecule has 0 radical (unpaired) electrons. The van der Waals surface area contributed by atoms with E-state index in [9.17, 15) is 9.59 Å². The molecular formula is C20H21N5O3. The van der Waals surface area contributed by atoms with E-state index >= 15 is 0 Å². The van der Waals surface area contributed by atoms with Gasteiger partial charge in [-0.25, -0.2) is 4.79 Å². The molecule has 0 bridgehead atoms. The monoisotopic (exact) mass is 379 g/mol. The van der Waals surface area contributed by atoms with Gasteiger partial charge in [-0.3, -0.25) is 14.5 Å². The summed E-state index contributed by atoms with van der Waals surface area (Å²) in [5.41, 5.74) is 3.57. The number of rotatable bonds is 7. The highest BCUT2D eigenvalue weighted by atomic mass is 16.5. The van der Waals surface area contributed by atoms with Crippen LogP contribution in [0.3, 0.4) is 0 Å². The first-order valence-corrected chi connectivity index (χ1v) is 8.75. The van der Waals surface area contributed by atoms with E-state index in [1.807, 2.05) is 49.5 Å². The highest BCUT2D eigenvalue weighted by molar-refractivity contribution is 5.82. The summed E-state index contributed by atoms with van der Waals surface area (Å²) in [7, 11) is 1.85. The Kier molecular flexibility index (Phi) is 6.35. The van der Waals surface area contributed by atoms with Gasteiger partial charge in [-0.15, -0.1) is 0 Å². The van der Waals surface area contributed by atoms with Crippen LogP contribution in [0.5, 0.6) is 0 Å². The first-order chi connectivity index (χ1) is 13.6. The molecule has 3 aromatic rings. The van der Waals surface area contributed by atoms with E-state index in [4.69, 9.17) is 4.74 Å². The van der Waals surface area contributed by atoms with Crippen LogP contribution in [-0.4, -0.2) is 33.3 Å². The van der Waals surface area contributed by atoms with E-state index in [0.29, 0.717) is 6.54 Å². The number of amides is 2. The number of pyridine rings is 1. The molecule has 0 saturated heterocycles. The van der Waals surface area contributed by atoms with Crippen molar-refractivity contribution in [3.8, 4) is 11.3 Å². The minimum Gasteiger partial charge on any atom is -0.445 e. The summed E-state index contributed by atoms with van der Waals surface area (Å²) in [6.07, 6.45) is 4.50. The number of alkyl carbamates (subject to hydrolysis) is 1. The molecule has 8 heteroatoms.